The maximum absolute atomic E-state index is 3.56. The first-order chi connectivity index (χ1) is 14.4. The van der Waals surface area contributed by atoms with Crippen molar-refractivity contribution in [2.45, 2.75) is 109 Å². The minimum atomic E-state index is 0.972. The molecule has 1 aromatic rings. The number of hydrogen-bond donors (Lipinski definition) is 2. The van der Waals surface area contributed by atoms with E-state index in [4.69, 9.17) is 0 Å². The zero-order valence-electron chi connectivity index (χ0n) is 19.0. The van der Waals surface area contributed by atoms with Crippen molar-refractivity contribution in [3.05, 3.63) is 35.9 Å². The SMILES string of the molecule is [Si]CCCCCCCCCCCCCCCCCNCCNCc1ccccc1. The summed E-state index contributed by atoms with van der Waals surface area (Å²) in [5, 5.41) is 7.05. The van der Waals surface area contributed by atoms with Crippen molar-refractivity contribution in [3.8, 4) is 0 Å². The van der Waals surface area contributed by atoms with Gasteiger partial charge >= 0.3 is 0 Å². The predicted octanol–water partition coefficient (Wildman–Crippen LogP) is 6.80. The lowest BCUT2D eigenvalue weighted by Gasteiger charge is -2.07. The van der Waals surface area contributed by atoms with Crippen LogP contribution in [0.15, 0.2) is 30.3 Å². The van der Waals surface area contributed by atoms with Gasteiger partial charge < -0.3 is 10.6 Å². The summed E-state index contributed by atoms with van der Waals surface area (Å²) in [6, 6.07) is 11.8. The molecule has 0 heterocycles. The molecule has 1 rings (SSSR count). The smallest absolute Gasteiger partial charge is 0.0222 e. The molecule has 1 aromatic carbocycles. The highest BCUT2D eigenvalue weighted by atomic mass is 28.1. The molecule has 0 aliphatic carbocycles. The molecule has 165 valence electrons. The molecule has 0 aliphatic heterocycles. The largest absolute Gasteiger partial charge is 0.315 e. The molecule has 0 spiro atoms. The van der Waals surface area contributed by atoms with Gasteiger partial charge in [-0.3, -0.25) is 0 Å². The summed E-state index contributed by atoms with van der Waals surface area (Å²) in [4.78, 5) is 0. The second-order valence-corrected chi connectivity index (χ2v) is 8.97. The van der Waals surface area contributed by atoms with E-state index in [0.717, 1.165) is 19.6 Å². The van der Waals surface area contributed by atoms with Crippen LogP contribution < -0.4 is 10.6 Å². The van der Waals surface area contributed by atoms with Crippen LogP contribution in [0.1, 0.15) is 102 Å². The van der Waals surface area contributed by atoms with E-state index in [2.05, 4.69) is 51.2 Å². The molecule has 0 saturated carbocycles. The van der Waals surface area contributed by atoms with Gasteiger partial charge in [0.25, 0.3) is 0 Å². The average molecular weight is 416 g/mol. The van der Waals surface area contributed by atoms with Gasteiger partial charge in [0.1, 0.15) is 0 Å². The van der Waals surface area contributed by atoms with Crippen molar-refractivity contribution in [3.63, 3.8) is 0 Å². The summed E-state index contributed by atoms with van der Waals surface area (Å²) in [5.74, 6) is 0. The lowest BCUT2D eigenvalue weighted by molar-refractivity contribution is 0.525. The van der Waals surface area contributed by atoms with Gasteiger partial charge in [-0.25, -0.2) is 0 Å². The third-order valence-corrected chi connectivity index (χ3v) is 6.03. The Morgan fingerprint density at radius 3 is 1.45 bits per heavy atom. The molecular weight excluding hydrogens is 368 g/mol. The van der Waals surface area contributed by atoms with Gasteiger partial charge in [0.05, 0.1) is 0 Å². The molecule has 0 unspecified atom stereocenters. The Kier molecular flexibility index (Phi) is 20.1. The van der Waals surface area contributed by atoms with Crippen LogP contribution in [0.25, 0.3) is 0 Å². The van der Waals surface area contributed by atoms with E-state index >= 15 is 0 Å². The Balaban J connectivity index is 1.66. The molecule has 0 bridgehead atoms. The van der Waals surface area contributed by atoms with Crippen molar-refractivity contribution in [2.75, 3.05) is 19.6 Å². The van der Waals surface area contributed by atoms with E-state index in [1.807, 2.05) is 0 Å². The number of benzene rings is 1. The second-order valence-electron chi connectivity index (χ2n) is 8.47. The number of hydrogen-bond acceptors (Lipinski definition) is 2. The van der Waals surface area contributed by atoms with E-state index in [0.29, 0.717) is 0 Å². The van der Waals surface area contributed by atoms with Gasteiger partial charge in [-0.2, -0.15) is 0 Å². The molecule has 0 aliphatic rings. The molecule has 0 fully saturated rings. The summed E-state index contributed by atoms with van der Waals surface area (Å²) < 4.78 is 0. The summed E-state index contributed by atoms with van der Waals surface area (Å²) >= 11 is 0. The maximum atomic E-state index is 3.56. The second kappa shape index (κ2) is 22.1. The molecule has 3 heteroatoms. The molecule has 3 radical (unpaired) electrons. The summed E-state index contributed by atoms with van der Waals surface area (Å²) in [6.45, 7) is 4.26. The Morgan fingerprint density at radius 1 is 0.483 bits per heavy atom. The van der Waals surface area contributed by atoms with Crippen LogP contribution in [0.2, 0.25) is 6.04 Å². The van der Waals surface area contributed by atoms with Crippen LogP contribution >= 0.6 is 0 Å². The van der Waals surface area contributed by atoms with E-state index in [1.165, 1.54) is 114 Å². The molecule has 2 nitrogen and oxygen atoms in total. The monoisotopic (exact) mass is 415 g/mol. The summed E-state index contributed by atoms with van der Waals surface area (Å²) in [7, 11) is 3.55. The number of rotatable bonds is 22. The third kappa shape index (κ3) is 19.1. The quantitative estimate of drug-likeness (QED) is 0.161. The third-order valence-electron chi connectivity index (χ3n) is 5.68. The van der Waals surface area contributed by atoms with Crippen LogP contribution in [0.3, 0.4) is 0 Å². The Morgan fingerprint density at radius 2 is 0.931 bits per heavy atom. The predicted molar refractivity (Wildman–Crippen MR) is 131 cm³/mol. The minimum absolute atomic E-state index is 0.972. The normalized spacial score (nSPS) is 11.2. The van der Waals surface area contributed by atoms with Crippen molar-refractivity contribution in [2.24, 2.45) is 0 Å². The van der Waals surface area contributed by atoms with E-state index in [1.54, 1.807) is 0 Å². The molecule has 0 saturated heterocycles. The standard InChI is InChI=1S/C26H47N2Si/c29-24-18-13-11-9-7-5-3-1-2-4-6-8-10-12-17-21-27-22-23-28-25-26-19-15-14-16-20-26/h14-16,19-20,27-28H,1-13,17-18,21-25H2. The zero-order valence-corrected chi connectivity index (χ0v) is 20.0. The van der Waals surface area contributed by atoms with Crippen LogP contribution in [0.4, 0.5) is 0 Å². The van der Waals surface area contributed by atoms with Gasteiger partial charge in [-0.05, 0) is 18.5 Å². The Bertz CT molecular complexity index is 424. The zero-order chi connectivity index (χ0) is 20.7. The molecule has 0 aromatic heterocycles. The maximum Gasteiger partial charge on any atom is 0.0222 e. The lowest BCUT2D eigenvalue weighted by Crippen LogP contribution is -2.27. The summed E-state index contributed by atoms with van der Waals surface area (Å²) in [6.07, 6.45) is 21.4. The van der Waals surface area contributed by atoms with Crippen LogP contribution in [0, 0.1) is 0 Å². The first kappa shape index (κ1) is 26.4. The van der Waals surface area contributed by atoms with E-state index in [-0.39, 0.29) is 0 Å². The van der Waals surface area contributed by atoms with Gasteiger partial charge in [-0.15, -0.1) is 0 Å². The van der Waals surface area contributed by atoms with Crippen molar-refractivity contribution < 1.29 is 0 Å². The van der Waals surface area contributed by atoms with Crippen molar-refractivity contribution in [1.82, 2.24) is 10.6 Å². The first-order valence-corrected chi connectivity index (χ1v) is 13.2. The summed E-state index contributed by atoms with van der Waals surface area (Å²) in [5.41, 5.74) is 1.36. The van der Waals surface area contributed by atoms with E-state index in [9.17, 15) is 0 Å². The fraction of sp³-hybridized carbons (Fsp3) is 0.769. The molecule has 2 N–H and O–H groups in total. The Hall–Kier alpha value is -0.643. The molecule has 0 amide bonds. The fourth-order valence-corrected chi connectivity index (χ4v) is 4.05. The minimum Gasteiger partial charge on any atom is -0.315 e. The highest BCUT2D eigenvalue weighted by molar-refractivity contribution is 6.08. The molecule has 0 atom stereocenters. The first-order valence-electron chi connectivity index (χ1n) is 12.5. The molecule has 29 heavy (non-hydrogen) atoms. The van der Waals surface area contributed by atoms with Crippen molar-refractivity contribution in [1.29, 1.82) is 0 Å². The highest BCUT2D eigenvalue weighted by Crippen LogP contribution is 2.13. The van der Waals surface area contributed by atoms with Gasteiger partial charge in [0.2, 0.25) is 0 Å². The van der Waals surface area contributed by atoms with E-state index < -0.39 is 0 Å². The Labute approximate surface area is 185 Å². The number of nitrogens with one attached hydrogen (secondary N) is 2. The fourth-order valence-electron chi connectivity index (χ4n) is 3.80. The number of unbranched alkanes of at least 4 members (excludes halogenated alkanes) is 14. The highest BCUT2D eigenvalue weighted by Gasteiger charge is 1.95. The van der Waals surface area contributed by atoms with Crippen LogP contribution in [-0.4, -0.2) is 29.9 Å². The van der Waals surface area contributed by atoms with Gasteiger partial charge in [0.15, 0.2) is 0 Å². The topological polar surface area (TPSA) is 24.1 Å². The van der Waals surface area contributed by atoms with Gasteiger partial charge in [-0.1, -0.05) is 126 Å². The lowest BCUT2D eigenvalue weighted by atomic mass is 10.0. The van der Waals surface area contributed by atoms with Crippen LogP contribution in [0.5, 0.6) is 0 Å². The van der Waals surface area contributed by atoms with Gasteiger partial charge in [0, 0.05) is 29.9 Å². The van der Waals surface area contributed by atoms with Crippen LogP contribution in [-0.2, 0) is 6.54 Å². The van der Waals surface area contributed by atoms with Crippen molar-refractivity contribution >= 4 is 10.2 Å². The average Bonchev–Trinajstić information content (AvgIpc) is 2.75. The molecular formula is C26H47N2Si.